The molecule has 1 atom stereocenters. The van der Waals surface area contributed by atoms with Gasteiger partial charge in [-0.25, -0.2) is 0 Å². The third-order valence-corrected chi connectivity index (χ3v) is 5.43. The molecule has 1 fully saturated rings. The predicted octanol–water partition coefficient (Wildman–Crippen LogP) is 2.60. The first-order valence-corrected chi connectivity index (χ1v) is 11.5. The van der Waals surface area contributed by atoms with E-state index >= 15 is 0 Å². The minimum atomic E-state index is -0.371. The second kappa shape index (κ2) is 11.6. The molecule has 1 amide bonds. The summed E-state index contributed by atoms with van der Waals surface area (Å²) in [6.07, 6.45) is 1.79. The van der Waals surface area contributed by atoms with Crippen LogP contribution in [0.4, 0.5) is 0 Å². The number of carbonyl (C=O) groups excluding carboxylic acids is 2. The molecule has 178 valence electrons. The Morgan fingerprint density at radius 3 is 2.82 bits per heavy atom. The Morgan fingerprint density at radius 2 is 2.09 bits per heavy atom. The van der Waals surface area contributed by atoms with E-state index in [0.717, 1.165) is 12.8 Å². The molecule has 3 rings (SSSR count). The molecule has 1 saturated heterocycles. The fourth-order valence-electron chi connectivity index (χ4n) is 3.69. The van der Waals surface area contributed by atoms with Crippen molar-refractivity contribution < 1.29 is 19.1 Å². The van der Waals surface area contributed by atoms with Crippen LogP contribution >= 0.6 is 0 Å². The Morgan fingerprint density at radius 1 is 1.27 bits per heavy atom. The lowest BCUT2D eigenvalue weighted by Gasteiger charge is -2.31. The highest BCUT2D eigenvalue weighted by molar-refractivity contribution is 5.78. The minimum Gasteiger partial charge on any atom is -0.493 e. The molecule has 1 aromatic carbocycles. The number of esters is 1. The number of rotatable bonds is 9. The standard InChI is InChI=1S/C24H32N4O5/c1-4-32-24(31)18-8-6-12-28(14-18)21(29)11-10-20-23(30)25-22(27-26-20)17-7-5-9-19(13-17)33-15-16(2)3/h5,7,9,13,16,18H,4,6,8,10-12,14-15H2,1-3H3,(H,25,27,30)/t18-/m0/s1. The Bertz CT molecular complexity index is 1020. The Kier molecular flexibility index (Phi) is 8.57. The Labute approximate surface area is 193 Å². The van der Waals surface area contributed by atoms with Gasteiger partial charge in [0.05, 0.1) is 19.1 Å². The zero-order valence-electron chi connectivity index (χ0n) is 19.5. The van der Waals surface area contributed by atoms with Crippen LogP contribution in [0.5, 0.6) is 5.75 Å². The van der Waals surface area contributed by atoms with Gasteiger partial charge in [-0.15, -0.1) is 10.2 Å². The van der Waals surface area contributed by atoms with Crippen LogP contribution < -0.4 is 10.3 Å². The minimum absolute atomic E-state index is 0.107. The van der Waals surface area contributed by atoms with E-state index in [2.05, 4.69) is 29.0 Å². The van der Waals surface area contributed by atoms with Crippen molar-refractivity contribution >= 4 is 11.9 Å². The highest BCUT2D eigenvalue weighted by Gasteiger charge is 2.29. The number of hydrogen-bond donors (Lipinski definition) is 1. The zero-order valence-corrected chi connectivity index (χ0v) is 19.5. The topological polar surface area (TPSA) is 114 Å². The summed E-state index contributed by atoms with van der Waals surface area (Å²) in [6.45, 7) is 7.79. The lowest BCUT2D eigenvalue weighted by Crippen LogP contribution is -2.43. The van der Waals surface area contributed by atoms with Crippen molar-refractivity contribution in [2.24, 2.45) is 11.8 Å². The third kappa shape index (κ3) is 6.87. The van der Waals surface area contributed by atoms with E-state index < -0.39 is 0 Å². The number of piperidine rings is 1. The normalized spacial score (nSPS) is 16.0. The molecule has 33 heavy (non-hydrogen) atoms. The van der Waals surface area contributed by atoms with E-state index in [1.807, 2.05) is 24.3 Å². The van der Waals surface area contributed by atoms with Gasteiger partial charge in [-0.2, -0.15) is 0 Å². The van der Waals surface area contributed by atoms with Crippen molar-refractivity contribution in [2.45, 2.75) is 46.5 Å². The van der Waals surface area contributed by atoms with Crippen molar-refractivity contribution in [3.05, 3.63) is 40.3 Å². The number of H-pyrrole nitrogens is 1. The number of ether oxygens (including phenoxy) is 2. The maximum Gasteiger partial charge on any atom is 0.310 e. The lowest BCUT2D eigenvalue weighted by atomic mass is 9.98. The highest BCUT2D eigenvalue weighted by atomic mass is 16.5. The number of nitrogens with one attached hydrogen (secondary N) is 1. The molecule has 2 heterocycles. The molecule has 0 bridgehead atoms. The van der Waals surface area contributed by atoms with Crippen LogP contribution in [0.3, 0.4) is 0 Å². The van der Waals surface area contributed by atoms with Gasteiger partial charge in [0.2, 0.25) is 5.91 Å². The Hall–Kier alpha value is -3.23. The number of amides is 1. The second-order valence-electron chi connectivity index (χ2n) is 8.61. The first kappa shape index (κ1) is 24.4. The van der Waals surface area contributed by atoms with E-state index in [1.54, 1.807) is 11.8 Å². The molecule has 1 N–H and O–H groups in total. The van der Waals surface area contributed by atoms with Crippen molar-refractivity contribution in [3.8, 4) is 17.1 Å². The first-order valence-electron chi connectivity index (χ1n) is 11.5. The molecular weight excluding hydrogens is 424 g/mol. The summed E-state index contributed by atoms with van der Waals surface area (Å²) < 4.78 is 10.8. The number of hydrogen-bond acceptors (Lipinski definition) is 7. The van der Waals surface area contributed by atoms with Crippen LogP contribution in [0.15, 0.2) is 29.1 Å². The summed E-state index contributed by atoms with van der Waals surface area (Å²) in [6, 6.07) is 7.31. The number of likely N-dealkylation sites (tertiary alicyclic amines) is 1. The molecule has 0 spiro atoms. The van der Waals surface area contributed by atoms with Crippen molar-refractivity contribution in [1.82, 2.24) is 20.1 Å². The van der Waals surface area contributed by atoms with Crippen LogP contribution in [0.1, 0.15) is 45.7 Å². The van der Waals surface area contributed by atoms with E-state index in [4.69, 9.17) is 9.47 Å². The number of aromatic nitrogens is 3. The molecule has 0 radical (unpaired) electrons. The first-order chi connectivity index (χ1) is 15.9. The average Bonchev–Trinajstić information content (AvgIpc) is 2.82. The van der Waals surface area contributed by atoms with Crippen molar-refractivity contribution in [1.29, 1.82) is 0 Å². The number of nitrogens with zero attached hydrogens (tertiary/aromatic N) is 3. The summed E-state index contributed by atoms with van der Waals surface area (Å²) in [5.74, 6) is 0.789. The van der Waals surface area contributed by atoms with Crippen LogP contribution in [-0.4, -0.2) is 58.3 Å². The summed E-state index contributed by atoms with van der Waals surface area (Å²) in [5, 5.41) is 8.21. The third-order valence-electron chi connectivity index (χ3n) is 5.43. The highest BCUT2D eigenvalue weighted by Crippen LogP contribution is 2.21. The lowest BCUT2D eigenvalue weighted by molar-refractivity contribution is -0.151. The predicted molar refractivity (Wildman–Crippen MR) is 123 cm³/mol. The average molecular weight is 457 g/mol. The molecule has 2 aromatic rings. The van der Waals surface area contributed by atoms with E-state index in [-0.39, 0.29) is 41.9 Å². The van der Waals surface area contributed by atoms with Crippen molar-refractivity contribution in [2.75, 3.05) is 26.3 Å². The number of benzene rings is 1. The van der Waals surface area contributed by atoms with Gasteiger partial charge in [-0.05, 0) is 37.8 Å². The monoisotopic (exact) mass is 456 g/mol. The molecule has 9 nitrogen and oxygen atoms in total. The van der Waals surface area contributed by atoms with Gasteiger partial charge in [-0.3, -0.25) is 14.4 Å². The van der Waals surface area contributed by atoms with Crippen LogP contribution in [0, 0.1) is 11.8 Å². The number of aryl methyl sites for hydroxylation is 1. The van der Waals surface area contributed by atoms with Crippen LogP contribution in [0.25, 0.3) is 11.4 Å². The Balaban J connectivity index is 1.60. The maximum absolute atomic E-state index is 12.6. The molecule has 1 aromatic heterocycles. The fourth-order valence-corrected chi connectivity index (χ4v) is 3.69. The second-order valence-corrected chi connectivity index (χ2v) is 8.61. The molecule has 0 unspecified atom stereocenters. The molecule has 9 heteroatoms. The summed E-state index contributed by atoms with van der Waals surface area (Å²) in [7, 11) is 0. The zero-order chi connectivity index (χ0) is 23.8. The summed E-state index contributed by atoms with van der Waals surface area (Å²) in [5.41, 5.74) is 0.532. The quantitative estimate of drug-likeness (QED) is 0.577. The maximum atomic E-state index is 12.6. The molecule has 1 aliphatic rings. The number of aromatic amines is 1. The van der Waals surface area contributed by atoms with Gasteiger partial charge in [-0.1, -0.05) is 26.0 Å². The smallest absolute Gasteiger partial charge is 0.310 e. The SMILES string of the molecule is CCOC(=O)[C@H]1CCCN(C(=O)CCc2nnc(-c3cccc(OCC(C)C)c3)[nH]c2=O)C1. The van der Waals surface area contributed by atoms with E-state index in [0.29, 0.717) is 49.4 Å². The van der Waals surface area contributed by atoms with Gasteiger partial charge in [0.15, 0.2) is 5.82 Å². The number of carbonyl (C=O) groups is 2. The molecule has 1 aliphatic heterocycles. The fraction of sp³-hybridized carbons (Fsp3) is 0.542. The van der Waals surface area contributed by atoms with Crippen LogP contribution in [0.2, 0.25) is 0 Å². The van der Waals surface area contributed by atoms with Gasteiger partial charge >= 0.3 is 5.97 Å². The van der Waals surface area contributed by atoms with Gasteiger partial charge in [0, 0.05) is 31.5 Å². The van der Waals surface area contributed by atoms with Crippen LogP contribution in [-0.2, 0) is 20.7 Å². The van der Waals surface area contributed by atoms with Crippen molar-refractivity contribution in [3.63, 3.8) is 0 Å². The van der Waals surface area contributed by atoms with E-state index in [1.165, 1.54) is 0 Å². The largest absolute Gasteiger partial charge is 0.493 e. The molecule has 0 aliphatic carbocycles. The summed E-state index contributed by atoms with van der Waals surface area (Å²) in [4.78, 5) is 41.6. The molecule has 0 saturated carbocycles. The van der Waals surface area contributed by atoms with E-state index in [9.17, 15) is 14.4 Å². The molecular formula is C24H32N4O5. The summed E-state index contributed by atoms with van der Waals surface area (Å²) >= 11 is 0. The van der Waals surface area contributed by atoms with Gasteiger partial charge in [0.25, 0.3) is 5.56 Å². The van der Waals surface area contributed by atoms with Gasteiger partial charge < -0.3 is 19.4 Å². The van der Waals surface area contributed by atoms with Gasteiger partial charge in [0.1, 0.15) is 11.4 Å².